The molecule has 0 fully saturated rings. The summed E-state index contributed by atoms with van der Waals surface area (Å²) < 4.78 is 15.9. The number of nitrogens with zero attached hydrogens (tertiary/aromatic N) is 3. The summed E-state index contributed by atoms with van der Waals surface area (Å²) in [6.45, 7) is 1.88. The number of rotatable bonds is 6. The second kappa shape index (κ2) is 9.30. The minimum Gasteiger partial charge on any atom is -0.328 e. The van der Waals surface area contributed by atoms with Crippen molar-refractivity contribution in [3.63, 3.8) is 0 Å². The predicted molar refractivity (Wildman–Crippen MR) is 122 cm³/mol. The molecule has 166 valence electrons. The first-order valence-electron chi connectivity index (χ1n) is 10.3. The van der Waals surface area contributed by atoms with Gasteiger partial charge in [-0.25, -0.2) is 9.07 Å². The molecule has 6 nitrogen and oxygen atoms in total. The van der Waals surface area contributed by atoms with Crippen LogP contribution in [0.1, 0.15) is 35.1 Å². The van der Waals surface area contributed by atoms with Crippen LogP contribution in [-0.2, 0) is 17.6 Å². The molecule has 2 aromatic carbocycles. The molecule has 0 unspecified atom stereocenters. The molecule has 0 aliphatic heterocycles. The van der Waals surface area contributed by atoms with Gasteiger partial charge in [0, 0.05) is 17.8 Å². The van der Waals surface area contributed by atoms with E-state index < -0.39 is 11.7 Å². The number of hydrogen-bond donors (Lipinski definition) is 1. The van der Waals surface area contributed by atoms with Crippen molar-refractivity contribution in [2.24, 2.45) is 0 Å². The standard InChI is InChI=1S/C23H21Cl2FN4O2/c1-2-29(13-20(31)27-22-15(24)8-6-9-16(22)25)23(32)21-14-7-5-12-18(14)30(28-21)19-11-4-3-10-17(19)26/h3-4,6,8-11H,2,5,7,12-13H2,1H3,(H,27,31). The van der Waals surface area contributed by atoms with Gasteiger partial charge in [0.15, 0.2) is 5.69 Å². The Labute approximate surface area is 194 Å². The highest BCUT2D eigenvalue weighted by atomic mass is 35.5. The number of halogens is 3. The number of benzene rings is 2. The van der Waals surface area contributed by atoms with Crippen LogP contribution in [0.3, 0.4) is 0 Å². The number of hydrogen-bond acceptors (Lipinski definition) is 3. The number of anilines is 1. The van der Waals surface area contributed by atoms with E-state index in [1.165, 1.54) is 15.6 Å². The number of likely N-dealkylation sites (N-methyl/N-ethyl adjacent to an activating group) is 1. The number of amides is 2. The highest BCUT2D eigenvalue weighted by Gasteiger charge is 2.30. The fraction of sp³-hybridized carbons (Fsp3) is 0.261. The Morgan fingerprint density at radius 3 is 2.53 bits per heavy atom. The van der Waals surface area contributed by atoms with Crippen LogP contribution in [0.25, 0.3) is 5.69 Å². The first kappa shape index (κ1) is 22.3. The molecule has 9 heteroatoms. The smallest absolute Gasteiger partial charge is 0.275 e. The Bertz CT molecular complexity index is 1170. The highest BCUT2D eigenvalue weighted by molar-refractivity contribution is 6.39. The summed E-state index contributed by atoms with van der Waals surface area (Å²) in [5, 5.41) is 7.75. The summed E-state index contributed by atoms with van der Waals surface area (Å²) in [5.41, 5.74) is 2.51. The van der Waals surface area contributed by atoms with E-state index in [1.54, 1.807) is 43.3 Å². The van der Waals surface area contributed by atoms with Gasteiger partial charge in [-0.05, 0) is 50.5 Å². The van der Waals surface area contributed by atoms with Gasteiger partial charge in [0.2, 0.25) is 5.91 Å². The second-order valence-corrected chi connectivity index (χ2v) is 8.27. The van der Waals surface area contributed by atoms with E-state index in [2.05, 4.69) is 10.4 Å². The van der Waals surface area contributed by atoms with E-state index in [0.29, 0.717) is 40.8 Å². The molecule has 2 amide bonds. The lowest BCUT2D eigenvalue weighted by Gasteiger charge is -2.20. The van der Waals surface area contributed by atoms with E-state index in [9.17, 15) is 14.0 Å². The Kier molecular flexibility index (Phi) is 6.48. The number of nitrogens with one attached hydrogen (secondary N) is 1. The molecule has 1 aromatic heterocycles. The van der Waals surface area contributed by atoms with Crippen LogP contribution in [0.4, 0.5) is 10.1 Å². The topological polar surface area (TPSA) is 67.2 Å². The molecule has 3 aromatic rings. The lowest BCUT2D eigenvalue weighted by atomic mass is 10.2. The van der Waals surface area contributed by atoms with Gasteiger partial charge in [0.05, 0.1) is 15.7 Å². The Morgan fingerprint density at radius 2 is 1.84 bits per heavy atom. The Balaban J connectivity index is 1.59. The number of fused-ring (bicyclic) bond motifs is 1. The Hall–Kier alpha value is -2.90. The molecule has 32 heavy (non-hydrogen) atoms. The van der Waals surface area contributed by atoms with Crippen LogP contribution in [0.5, 0.6) is 0 Å². The summed E-state index contributed by atoms with van der Waals surface area (Å²) in [4.78, 5) is 27.3. The lowest BCUT2D eigenvalue weighted by Crippen LogP contribution is -2.38. The molecule has 0 saturated heterocycles. The minimum atomic E-state index is -0.430. The summed E-state index contributed by atoms with van der Waals surface area (Å²) in [6, 6.07) is 11.2. The zero-order valence-corrected chi connectivity index (χ0v) is 18.9. The first-order valence-corrected chi connectivity index (χ1v) is 11.0. The molecule has 4 rings (SSSR count). The van der Waals surface area contributed by atoms with Crippen LogP contribution in [-0.4, -0.2) is 39.6 Å². The van der Waals surface area contributed by atoms with E-state index >= 15 is 0 Å². The van der Waals surface area contributed by atoms with Gasteiger partial charge in [0.1, 0.15) is 18.0 Å². The molecule has 1 heterocycles. The van der Waals surface area contributed by atoms with Crippen molar-refractivity contribution >= 4 is 40.7 Å². The SMILES string of the molecule is CCN(CC(=O)Nc1c(Cl)cccc1Cl)C(=O)c1nn(-c2ccccc2F)c2c1CCC2. The Morgan fingerprint density at radius 1 is 1.12 bits per heavy atom. The normalized spacial score (nSPS) is 12.5. The summed E-state index contributed by atoms with van der Waals surface area (Å²) in [7, 11) is 0. The molecule has 0 radical (unpaired) electrons. The summed E-state index contributed by atoms with van der Waals surface area (Å²) >= 11 is 12.2. The minimum absolute atomic E-state index is 0.196. The molecule has 0 saturated carbocycles. The fourth-order valence-electron chi connectivity index (χ4n) is 3.88. The lowest BCUT2D eigenvalue weighted by molar-refractivity contribution is -0.116. The average Bonchev–Trinajstić information content (AvgIpc) is 3.38. The van der Waals surface area contributed by atoms with Crippen LogP contribution in [0.15, 0.2) is 42.5 Å². The maximum absolute atomic E-state index is 14.4. The van der Waals surface area contributed by atoms with E-state index in [-0.39, 0.29) is 18.1 Å². The fourth-order valence-corrected chi connectivity index (χ4v) is 4.37. The number of carbonyl (C=O) groups is 2. The molecule has 1 aliphatic carbocycles. The number of aromatic nitrogens is 2. The van der Waals surface area contributed by atoms with Crippen LogP contribution in [0, 0.1) is 5.82 Å². The second-order valence-electron chi connectivity index (χ2n) is 7.45. The molecule has 1 aliphatic rings. The monoisotopic (exact) mass is 474 g/mol. The maximum Gasteiger partial charge on any atom is 0.275 e. The van der Waals surface area contributed by atoms with Crippen molar-refractivity contribution in [1.29, 1.82) is 0 Å². The van der Waals surface area contributed by atoms with Gasteiger partial charge in [-0.3, -0.25) is 9.59 Å². The van der Waals surface area contributed by atoms with Crippen molar-refractivity contribution in [2.75, 3.05) is 18.4 Å². The number of para-hydroxylation sites is 2. The molecule has 0 spiro atoms. The van der Waals surface area contributed by atoms with E-state index in [4.69, 9.17) is 23.2 Å². The number of carbonyl (C=O) groups excluding carboxylic acids is 2. The van der Waals surface area contributed by atoms with E-state index in [1.807, 2.05) is 0 Å². The zero-order valence-electron chi connectivity index (χ0n) is 17.4. The van der Waals surface area contributed by atoms with E-state index in [0.717, 1.165) is 17.7 Å². The van der Waals surface area contributed by atoms with Gasteiger partial charge < -0.3 is 10.2 Å². The van der Waals surface area contributed by atoms with Crippen molar-refractivity contribution in [3.05, 3.63) is 75.3 Å². The zero-order chi connectivity index (χ0) is 22.8. The molecular weight excluding hydrogens is 454 g/mol. The third-order valence-electron chi connectivity index (χ3n) is 5.44. The molecule has 1 N–H and O–H groups in total. The molecule has 0 atom stereocenters. The first-order chi connectivity index (χ1) is 15.4. The molecular formula is C23H21Cl2FN4O2. The van der Waals surface area contributed by atoms with Crippen LogP contribution >= 0.6 is 23.2 Å². The maximum atomic E-state index is 14.4. The van der Waals surface area contributed by atoms with Crippen molar-refractivity contribution < 1.29 is 14.0 Å². The van der Waals surface area contributed by atoms with Gasteiger partial charge >= 0.3 is 0 Å². The third kappa shape index (κ3) is 4.23. The van der Waals surface area contributed by atoms with Gasteiger partial charge in [-0.1, -0.05) is 41.4 Å². The average molecular weight is 475 g/mol. The highest BCUT2D eigenvalue weighted by Crippen LogP contribution is 2.31. The van der Waals surface area contributed by atoms with Gasteiger partial charge in [-0.15, -0.1) is 0 Å². The van der Waals surface area contributed by atoms with Crippen molar-refractivity contribution in [1.82, 2.24) is 14.7 Å². The van der Waals surface area contributed by atoms with Gasteiger partial charge in [-0.2, -0.15) is 5.10 Å². The van der Waals surface area contributed by atoms with Crippen LogP contribution in [0.2, 0.25) is 10.0 Å². The van der Waals surface area contributed by atoms with Crippen molar-refractivity contribution in [2.45, 2.75) is 26.2 Å². The summed E-state index contributed by atoms with van der Waals surface area (Å²) in [5.74, 6) is -1.21. The molecule has 0 bridgehead atoms. The van der Waals surface area contributed by atoms with Gasteiger partial charge in [0.25, 0.3) is 5.91 Å². The predicted octanol–water partition coefficient (Wildman–Crippen LogP) is 4.91. The van der Waals surface area contributed by atoms with Crippen molar-refractivity contribution in [3.8, 4) is 5.69 Å². The quantitative estimate of drug-likeness (QED) is 0.551. The van der Waals surface area contributed by atoms with Crippen LogP contribution < -0.4 is 5.32 Å². The summed E-state index contributed by atoms with van der Waals surface area (Å²) in [6.07, 6.45) is 2.25. The third-order valence-corrected chi connectivity index (χ3v) is 6.07. The largest absolute Gasteiger partial charge is 0.328 e.